The molecule has 0 aromatic rings. The van der Waals surface area contributed by atoms with E-state index in [1.807, 2.05) is 0 Å². The molecule has 0 bridgehead atoms. The minimum absolute atomic E-state index is 0.184. The van der Waals surface area contributed by atoms with Gasteiger partial charge in [-0.25, -0.2) is 0 Å². The van der Waals surface area contributed by atoms with Crippen LogP contribution >= 0.6 is 0 Å². The van der Waals surface area contributed by atoms with E-state index < -0.39 is 5.79 Å². The van der Waals surface area contributed by atoms with Crippen LogP contribution in [0.3, 0.4) is 0 Å². The lowest BCUT2D eigenvalue weighted by molar-refractivity contribution is -0.243. The number of hydrogen-bond donors (Lipinski definition) is 2. The third kappa shape index (κ3) is 26.3. The topological polar surface area (TPSA) is 55.5 Å². The molecule has 0 aliphatic heterocycles. The van der Waals surface area contributed by atoms with E-state index in [0.29, 0.717) is 6.04 Å². The highest BCUT2D eigenvalue weighted by molar-refractivity contribution is 5.02. The van der Waals surface area contributed by atoms with Gasteiger partial charge in [0.2, 0.25) is 0 Å². The Bertz CT molecular complexity index is 678. The minimum atomic E-state index is -0.942. The first-order chi connectivity index (χ1) is 21.6. The fraction of sp³-hybridized carbons (Fsp3) is 0.854. The first-order valence-corrected chi connectivity index (χ1v) is 19.7. The first-order valence-electron chi connectivity index (χ1n) is 19.7. The van der Waals surface area contributed by atoms with E-state index in [1.165, 1.54) is 141 Å². The van der Waals surface area contributed by atoms with Gasteiger partial charge in [-0.05, 0) is 89.9 Å². The Labute approximate surface area is 276 Å². The van der Waals surface area contributed by atoms with Crippen LogP contribution in [0.4, 0.5) is 0 Å². The van der Waals surface area contributed by atoms with Gasteiger partial charge in [-0.2, -0.15) is 0 Å². The highest BCUT2D eigenvalue weighted by Gasteiger charge is 2.32. The van der Waals surface area contributed by atoms with Crippen molar-refractivity contribution in [1.82, 2.24) is 0 Å². The van der Waals surface area contributed by atoms with Gasteiger partial charge in [0, 0.05) is 18.9 Å². The molecule has 1 unspecified atom stereocenters. The molecule has 1 fully saturated rings. The van der Waals surface area contributed by atoms with Gasteiger partial charge in [-0.3, -0.25) is 0 Å². The Balaban J connectivity index is 2.16. The summed E-state index contributed by atoms with van der Waals surface area (Å²) in [4.78, 5) is 0. The molecule has 0 aromatic heterocycles. The molecule has 0 amide bonds. The van der Waals surface area contributed by atoms with Gasteiger partial charge < -0.3 is 15.6 Å². The lowest BCUT2D eigenvalue weighted by Gasteiger charge is -2.36. The normalized spacial score (nSPS) is 19.1. The van der Waals surface area contributed by atoms with Gasteiger partial charge >= 0.3 is 0 Å². The summed E-state index contributed by atoms with van der Waals surface area (Å²) in [6.45, 7) is 4.54. The second-order valence-electron chi connectivity index (χ2n) is 13.9. The zero-order valence-electron chi connectivity index (χ0n) is 29.8. The summed E-state index contributed by atoms with van der Waals surface area (Å²) in [5.74, 6) is -0.942. The average molecular weight is 616 g/mol. The second kappa shape index (κ2) is 30.7. The molecular formula is C41H77NO2. The number of aliphatic hydroxyl groups is 1. The summed E-state index contributed by atoms with van der Waals surface area (Å²) in [6, 6.07) is 0.316. The predicted octanol–water partition coefficient (Wildman–Crippen LogP) is 12.8. The van der Waals surface area contributed by atoms with E-state index in [-0.39, 0.29) is 6.10 Å². The van der Waals surface area contributed by atoms with E-state index >= 15 is 0 Å². The highest BCUT2D eigenvalue weighted by atomic mass is 16.6. The summed E-state index contributed by atoms with van der Waals surface area (Å²) in [7, 11) is 0. The summed E-state index contributed by atoms with van der Waals surface area (Å²) >= 11 is 0. The molecule has 1 aliphatic rings. The summed E-state index contributed by atoms with van der Waals surface area (Å²) in [5.41, 5.74) is 6.13. The van der Waals surface area contributed by atoms with Crippen molar-refractivity contribution in [2.24, 2.45) is 5.73 Å². The van der Waals surface area contributed by atoms with Gasteiger partial charge in [-0.15, -0.1) is 0 Å². The smallest absolute Gasteiger partial charge is 0.165 e. The molecule has 0 aromatic carbocycles. The van der Waals surface area contributed by atoms with Crippen molar-refractivity contribution in [3.05, 3.63) is 36.5 Å². The van der Waals surface area contributed by atoms with Crippen LogP contribution in [0.1, 0.15) is 206 Å². The third-order valence-corrected chi connectivity index (χ3v) is 9.48. The molecule has 44 heavy (non-hydrogen) atoms. The van der Waals surface area contributed by atoms with Gasteiger partial charge in [0.05, 0.1) is 6.10 Å². The Morgan fingerprint density at radius 3 is 1.36 bits per heavy atom. The second-order valence-corrected chi connectivity index (χ2v) is 13.9. The van der Waals surface area contributed by atoms with Gasteiger partial charge in [0.25, 0.3) is 0 Å². The van der Waals surface area contributed by atoms with Crippen LogP contribution in [0.25, 0.3) is 0 Å². The van der Waals surface area contributed by atoms with Crippen molar-refractivity contribution in [2.45, 2.75) is 224 Å². The molecule has 3 N–H and O–H groups in total. The molecule has 1 saturated carbocycles. The van der Waals surface area contributed by atoms with Crippen molar-refractivity contribution in [1.29, 1.82) is 0 Å². The molecule has 0 saturated heterocycles. The van der Waals surface area contributed by atoms with E-state index in [4.69, 9.17) is 10.5 Å². The fourth-order valence-electron chi connectivity index (χ4n) is 6.46. The van der Waals surface area contributed by atoms with Gasteiger partial charge in [0.1, 0.15) is 0 Å². The zero-order chi connectivity index (χ0) is 31.8. The van der Waals surface area contributed by atoms with Crippen LogP contribution in [0, 0.1) is 0 Å². The lowest BCUT2D eigenvalue weighted by Crippen LogP contribution is -2.40. The number of ether oxygens (including phenoxy) is 1. The molecular weight excluding hydrogens is 538 g/mol. The SMILES string of the molecule is CCCCC/C=C/C=C\CCCCCCCCC(O)(CCCCCCCC/C=C\CCCCCCC)OC1CCC(N)CC1. The zero-order valence-corrected chi connectivity index (χ0v) is 29.8. The van der Waals surface area contributed by atoms with Gasteiger partial charge in [-0.1, -0.05) is 140 Å². The van der Waals surface area contributed by atoms with Crippen LogP contribution in [-0.2, 0) is 4.74 Å². The van der Waals surface area contributed by atoms with Crippen molar-refractivity contribution in [3.63, 3.8) is 0 Å². The van der Waals surface area contributed by atoms with Crippen LogP contribution in [0.2, 0.25) is 0 Å². The van der Waals surface area contributed by atoms with E-state index in [0.717, 1.165) is 51.4 Å². The number of nitrogens with two attached hydrogens (primary N) is 1. The summed E-state index contributed by atoms with van der Waals surface area (Å²) in [6.07, 6.45) is 50.4. The Morgan fingerprint density at radius 1 is 0.523 bits per heavy atom. The summed E-state index contributed by atoms with van der Waals surface area (Å²) in [5, 5.41) is 11.6. The monoisotopic (exact) mass is 616 g/mol. The molecule has 0 spiro atoms. The van der Waals surface area contributed by atoms with Crippen molar-refractivity contribution in [2.75, 3.05) is 0 Å². The molecule has 258 valence electrons. The van der Waals surface area contributed by atoms with E-state index in [9.17, 15) is 5.11 Å². The highest BCUT2D eigenvalue weighted by Crippen LogP contribution is 2.31. The maximum Gasteiger partial charge on any atom is 0.165 e. The molecule has 0 radical (unpaired) electrons. The largest absolute Gasteiger partial charge is 0.365 e. The average Bonchev–Trinajstić information content (AvgIpc) is 3.02. The third-order valence-electron chi connectivity index (χ3n) is 9.48. The van der Waals surface area contributed by atoms with Crippen molar-refractivity contribution >= 4 is 0 Å². The number of unbranched alkanes of at least 4 members (excludes halogenated alkanes) is 20. The maximum absolute atomic E-state index is 11.6. The quantitative estimate of drug-likeness (QED) is 0.0353. The Hall–Kier alpha value is -0.900. The van der Waals surface area contributed by atoms with E-state index in [2.05, 4.69) is 50.3 Å². The van der Waals surface area contributed by atoms with Crippen LogP contribution in [0.5, 0.6) is 0 Å². The standard InChI is InChI=1S/C41H77NO2/c1-3-5-7-9-11-13-15-17-19-21-23-25-27-29-31-37-41(43,44-40-35-33-39(42)34-36-40)38-32-30-28-26-24-22-20-18-16-14-12-10-8-6-4-2/h11,13,15-18,39-40,43H,3-10,12,14,19-38,42H2,1-2H3/b13-11+,17-15-,18-16-. The van der Waals surface area contributed by atoms with Crippen molar-refractivity contribution in [3.8, 4) is 0 Å². The molecule has 0 heterocycles. The van der Waals surface area contributed by atoms with Crippen LogP contribution in [-0.4, -0.2) is 23.0 Å². The molecule has 1 atom stereocenters. The van der Waals surface area contributed by atoms with Crippen molar-refractivity contribution < 1.29 is 9.84 Å². The molecule has 3 heteroatoms. The Kier molecular flexibility index (Phi) is 28.7. The van der Waals surface area contributed by atoms with E-state index in [1.54, 1.807) is 0 Å². The number of rotatable bonds is 31. The van der Waals surface area contributed by atoms with Crippen LogP contribution in [0.15, 0.2) is 36.5 Å². The first kappa shape index (κ1) is 41.1. The predicted molar refractivity (Wildman–Crippen MR) is 195 cm³/mol. The maximum atomic E-state index is 11.6. The molecule has 1 rings (SSSR count). The minimum Gasteiger partial charge on any atom is -0.365 e. The lowest BCUT2D eigenvalue weighted by atomic mass is 9.92. The number of hydrogen-bond acceptors (Lipinski definition) is 3. The Morgan fingerprint density at radius 2 is 0.886 bits per heavy atom. The fourth-order valence-corrected chi connectivity index (χ4v) is 6.46. The van der Waals surface area contributed by atoms with Gasteiger partial charge in [0.15, 0.2) is 5.79 Å². The molecule has 1 aliphatic carbocycles. The summed E-state index contributed by atoms with van der Waals surface area (Å²) < 4.78 is 6.44. The number of allylic oxidation sites excluding steroid dienone is 6. The van der Waals surface area contributed by atoms with Crippen LogP contribution < -0.4 is 5.73 Å². The molecule has 3 nitrogen and oxygen atoms in total.